The highest BCUT2D eigenvalue weighted by Crippen LogP contribution is 2.31. The lowest BCUT2D eigenvalue weighted by Crippen LogP contribution is -2.50. The molecule has 0 fully saturated rings. The summed E-state index contributed by atoms with van der Waals surface area (Å²) in [6, 6.07) is 21.0. The summed E-state index contributed by atoms with van der Waals surface area (Å²) in [6.45, 7) is 2.70. The minimum absolute atomic E-state index is 0.0160. The molecular formula is C30H34BrCl2N3O4S. The largest absolute Gasteiger partial charge is 0.354 e. The van der Waals surface area contributed by atoms with Gasteiger partial charge in [-0.15, -0.1) is 0 Å². The molecule has 1 N–H and O–H groups in total. The zero-order valence-corrected chi connectivity index (χ0v) is 26.9. The molecule has 0 saturated heterocycles. The number of carbonyl (C=O) groups excluding carboxylic acids is 2. The van der Waals surface area contributed by atoms with Crippen molar-refractivity contribution < 1.29 is 18.0 Å². The first-order valence-electron chi connectivity index (χ1n) is 13.3. The van der Waals surface area contributed by atoms with E-state index in [4.69, 9.17) is 23.2 Å². The molecule has 2 amide bonds. The zero-order valence-electron chi connectivity index (χ0n) is 23.0. The number of carbonyl (C=O) groups is 2. The summed E-state index contributed by atoms with van der Waals surface area (Å²) >= 11 is 15.8. The van der Waals surface area contributed by atoms with E-state index in [1.54, 1.807) is 11.0 Å². The first-order valence-corrected chi connectivity index (χ1v) is 16.7. The molecule has 0 bridgehead atoms. The highest BCUT2D eigenvalue weighted by molar-refractivity contribution is 9.10. The quantitative estimate of drug-likeness (QED) is 0.211. The van der Waals surface area contributed by atoms with Crippen LogP contribution in [0.15, 0.2) is 77.3 Å². The van der Waals surface area contributed by atoms with Crippen molar-refractivity contribution in [2.45, 2.75) is 45.2 Å². The lowest BCUT2D eigenvalue weighted by atomic mass is 10.0. The lowest BCUT2D eigenvalue weighted by molar-refractivity contribution is -0.141. The van der Waals surface area contributed by atoms with Gasteiger partial charge in [-0.25, -0.2) is 8.42 Å². The van der Waals surface area contributed by atoms with E-state index in [2.05, 4.69) is 21.2 Å². The number of hydrogen-bond acceptors (Lipinski definition) is 4. The Balaban J connectivity index is 1.88. The average molecular weight is 683 g/mol. The standard InChI is InChI=1S/C30H34BrCl2N3O4S/c1-3-17-34-30(38)28(19-22-8-5-4-6-9-22)35(21-23-11-13-24(31)14-12-23)29(37)10-7-18-36(41(2,39)40)27-20-25(32)15-16-26(27)33/h4-6,8-9,11-16,20,28H,3,7,10,17-19,21H2,1-2H3,(H,34,38). The van der Waals surface area contributed by atoms with E-state index in [0.29, 0.717) is 18.0 Å². The van der Waals surface area contributed by atoms with Gasteiger partial charge < -0.3 is 10.2 Å². The predicted octanol–water partition coefficient (Wildman–Crippen LogP) is 6.47. The first kappa shape index (κ1) is 32.9. The van der Waals surface area contributed by atoms with E-state index < -0.39 is 16.1 Å². The fraction of sp³-hybridized carbons (Fsp3) is 0.333. The van der Waals surface area contributed by atoms with Gasteiger partial charge in [0, 0.05) is 42.0 Å². The molecule has 3 rings (SSSR count). The Bertz CT molecular complexity index is 1420. The van der Waals surface area contributed by atoms with Gasteiger partial charge in [-0.2, -0.15) is 0 Å². The second-order valence-corrected chi connectivity index (χ2v) is 13.3. The van der Waals surface area contributed by atoms with Crippen LogP contribution in [0.2, 0.25) is 10.0 Å². The fourth-order valence-corrected chi connectivity index (χ4v) is 6.04. The van der Waals surface area contributed by atoms with Gasteiger partial charge in [-0.05, 0) is 54.3 Å². The second-order valence-electron chi connectivity index (χ2n) is 9.68. The summed E-state index contributed by atoms with van der Waals surface area (Å²) in [5.74, 6) is -0.490. The number of amides is 2. The monoisotopic (exact) mass is 681 g/mol. The number of rotatable bonds is 14. The summed E-state index contributed by atoms with van der Waals surface area (Å²) in [7, 11) is -3.71. The van der Waals surface area contributed by atoms with Gasteiger partial charge >= 0.3 is 0 Å². The van der Waals surface area contributed by atoms with Crippen molar-refractivity contribution >= 4 is 66.7 Å². The Hall–Kier alpha value is -2.59. The Morgan fingerprint density at radius 1 is 0.976 bits per heavy atom. The summed E-state index contributed by atoms with van der Waals surface area (Å²) < 4.78 is 27.4. The molecule has 7 nitrogen and oxygen atoms in total. The van der Waals surface area contributed by atoms with Crippen molar-refractivity contribution in [3.8, 4) is 0 Å². The van der Waals surface area contributed by atoms with E-state index in [9.17, 15) is 18.0 Å². The fourth-order valence-electron chi connectivity index (χ4n) is 4.37. The molecule has 3 aromatic carbocycles. The minimum atomic E-state index is -3.71. The van der Waals surface area contributed by atoms with Crippen LogP contribution in [0.25, 0.3) is 0 Å². The van der Waals surface area contributed by atoms with Crippen LogP contribution in [0.4, 0.5) is 5.69 Å². The third kappa shape index (κ3) is 10.0. The smallest absolute Gasteiger partial charge is 0.243 e. The molecule has 0 aliphatic heterocycles. The first-order chi connectivity index (χ1) is 19.5. The van der Waals surface area contributed by atoms with Crippen LogP contribution in [0.3, 0.4) is 0 Å². The molecule has 11 heteroatoms. The van der Waals surface area contributed by atoms with Gasteiger partial charge in [-0.3, -0.25) is 13.9 Å². The molecule has 0 heterocycles. The zero-order chi connectivity index (χ0) is 30.0. The van der Waals surface area contributed by atoms with E-state index >= 15 is 0 Å². The van der Waals surface area contributed by atoms with Crippen molar-refractivity contribution in [3.63, 3.8) is 0 Å². The van der Waals surface area contributed by atoms with Crippen LogP contribution in [0.5, 0.6) is 0 Å². The average Bonchev–Trinajstić information content (AvgIpc) is 2.94. The third-order valence-electron chi connectivity index (χ3n) is 6.42. The van der Waals surface area contributed by atoms with Gasteiger partial charge in [0.05, 0.1) is 17.0 Å². The number of sulfonamides is 1. The van der Waals surface area contributed by atoms with E-state index in [1.807, 2.05) is 61.5 Å². The summed E-state index contributed by atoms with van der Waals surface area (Å²) in [5.41, 5.74) is 2.05. The number of nitrogens with one attached hydrogen (secondary N) is 1. The minimum Gasteiger partial charge on any atom is -0.354 e. The molecule has 0 aliphatic rings. The molecule has 0 radical (unpaired) electrons. The summed E-state index contributed by atoms with van der Waals surface area (Å²) in [4.78, 5) is 28.9. The normalized spacial score (nSPS) is 12.0. The Labute approximate surface area is 261 Å². The van der Waals surface area contributed by atoms with Gasteiger partial charge in [0.15, 0.2) is 0 Å². The van der Waals surface area contributed by atoms with Gasteiger partial charge in [0.2, 0.25) is 21.8 Å². The molecule has 220 valence electrons. The molecule has 41 heavy (non-hydrogen) atoms. The maximum Gasteiger partial charge on any atom is 0.243 e. The van der Waals surface area contributed by atoms with Crippen molar-refractivity contribution in [3.05, 3.63) is 98.4 Å². The number of hydrogen-bond donors (Lipinski definition) is 1. The van der Waals surface area contributed by atoms with Crippen molar-refractivity contribution in [2.24, 2.45) is 0 Å². The van der Waals surface area contributed by atoms with Crippen LogP contribution >= 0.6 is 39.1 Å². The molecule has 0 saturated carbocycles. The second kappa shape index (κ2) is 15.6. The molecule has 0 aromatic heterocycles. The van der Waals surface area contributed by atoms with Crippen LogP contribution in [0.1, 0.15) is 37.3 Å². The molecule has 1 unspecified atom stereocenters. The van der Waals surface area contributed by atoms with Gasteiger partial charge in [0.1, 0.15) is 6.04 Å². The molecular weight excluding hydrogens is 649 g/mol. The molecule has 1 atom stereocenters. The van der Waals surface area contributed by atoms with Crippen LogP contribution in [-0.4, -0.2) is 50.5 Å². The maximum absolute atomic E-state index is 13.8. The number of halogens is 3. The van der Waals surface area contributed by atoms with Crippen LogP contribution in [-0.2, 0) is 32.6 Å². The number of nitrogens with zero attached hydrogens (tertiary/aromatic N) is 2. The topological polar surface area (TPSA) is 86.8 Å². The predicted molar refractivity (Wildman–Crippen MR) is 170 cm³/mol. The van der Waals surface area contributed by atoms with Crippen LogP contribution in [0, 0.1) is 0 Å². The Morgan fingerprint density at radius 3 is 2.29 bits per heavy atom. The van der Waals surface area contributed by atoms with Gasteiger partial charge in [0.25, 0.3) is 0 Å². The summed E-state index contributed by atoms with van der Waals surface area (Å²) in [5, 5.41) is 3.53. The van der Waals surface area contributed by atoms with Crippen LogP contribution < -0.4 is 9.62 Å². The number of benzene rings is 3. The highest BCUT2D eigenvalue weighted by Gasteiger charge is 2.30. The van der Waals surface area contributed by atoms with Gasteiger partial charge in [-0.1, -0.05) is 88.5 Å². The Kier molecular flexibility index (Phi) is 12.5. The third-order valence-corrected chi connectivity index (χ3v) is 8.68. The van der Waals surface area contributed by atoms with E-state index in [1.165, 1.54) is 12.1 Å². The van der Waals surface area contributed by atoms with E-state index in [-0.39, 0.29) is 48.5 Å². The molecule has 3 aromatic rings. The summed E-state index contributed by atoms with van der Waals surface area (Å²) in [6.07, 6.45) is 2.41. The maximum atomic E-state index is 13.8. The van der Waals surface area contributed by atoms with Crippen molar-refractivity contribution in [1.82, 2.24) is 10.2 Å². The SMILES string of the molecule is CCCNC(=O)C(Cc1ccccc1)N(Cc1ccc(Br)cc1)C(=O)CCCN(c1cc(Cl)ccc1Cl)S(C)(=O)=O. The molecule has 0 spiro atoms. The van der Waals surface area contributed by atoms with Crippen molar-refractivity contribution in [1.29, 1.82) is 0 Å². The highest BCUT2D eigenvalue weighted by atomic mass is 79.9. The van der Waals surface area contributed by atoms with Crippen molar-refractivity contribution in [2.75, 3.05) is 23.7 Å². The Morgan fingerprint density at radius 2 is 1.66 bits per heavy atom. The van der Waals surface area contributed by atoms with E-state index in [0.717, 1.165) is 32.6 Å². The number of anilines is 1. The molecule has 0 aliphatic carbocycles. The lowest BCUT2D eigenvalue weighted by Gasteiger charge is -2.32.